The normalized spacial score (nSPS) is 10.9. The fourth-order valence-electron chi connectivity index (χ4n) is 2.20. The SMILES string of the molecule is CCCOc1ccc(Cn2sc3ccccc3c2=O)cc1. The van der Waals surface area contributed by atoms with Gasteiger partial charge in [0.05, 0.1) is 23.2 Å². The van der Waals surface area contributed by atoms with Crippen molar-refractivity contribution in [2.45, 2.75) is 19.9 Å². The van der Waals surface area contributed by atoms with E-state index in [1.165, 1.54) is 11.5 Å². The maximum absolute atomic E-state index is 12.3. The van der Waals surface area contributed by atoms with Crippen LogP contribution in [0, 0.1) is 0 Å². The predicted octanol–water partition coefficient (Wildman–Crippen LogP) is 3.90. The third kappa shape index (κ3) is 3.00. The van der Waals surface area contributed by atoms with Gasteiger partial charge in [-0.1, -0.05) is 42.7 Å². The third-order valence-corrected chi connectivity index (χ3v) is 4.34. The van der Waals surface area contributed by atoms with Crippen molar-refractivity contribution in [3.05, 3.63) is 64.4 Å². The van der Waals surface area contributed by atoms with E-state index < -0.39 is 0 Å². The quantitative estimate of drug-likeness (QED) is 0.715. The molecular weight excluding hydrogens is 282 g/mol. The van der Waals surface area contributed by atoms with Crippen molar-refractivity contribution >= 4 is 21.6 Å². The Kier molecular flexibility index (Phi) is 4.06. The van der Waals surface area contributed by atoms with E-state index in [4.69, 9.17) is 4.74 Å². The zero-order valence-electron chi connectivity index (χ0n) is 11.9. The average molecular weight is 299 g/mol. The van der Waals surface area contributed by atoms with Gasteiger partial charge in [-0.15, -0.1) is 0 Å². The second kappa shape index (κ2) is 6.14. The summed E-state index contributed by atoms with van der Waals surface area (Å²) in [6, 6.07) is 15.7. The van der Waals surface area contributed by atoms with Crippen molar-refractivity contribution in [2.24, 2.45) is 0 Å². The Labute approximate surface area is 127 Å². The van der Waals surface area contributed by atoms with Gasteiger partial charge in [-0.25, -0.2) is 0 Å². The van der Waals surface area contributed by atoms with E-state index >= 15 is 0 Å². The molecule has 0 spiro atoms. The molecule has 1 aromatic heterocycles. The van der Waals surface area contributed by atoms with Crippen LogP contribution in [-0.2, 0) is 6.54 Å². The smallest absolute Gasteiger partial charge is 0.268 e. The molecule has 0 amide bonds. The highest BCUT2D eigenvalue weighted by atomic mass is 32.1. The summed E-state index contributed by atoms with van der Waals surface area (Å²) in [4.78, 5) is 12.3. The fourth-order valence-corrected chi connectivity index (χ4v) is 3.22. The second-order valence-electron chi connectivity index (χ2n) is 4.92. The van der Waals surface area contributed by atoms with Crippen LogP contribution in [0.3, 0.4) is 0 Å². The van der Waals surface area contributed by atoms with Gasteiger partial charge in [-0.05, 0) is 36.2 Å². The highest BCUT2D eigenvalue weighted by Crippen LogP contribution is 2.18. The van der Waals surface area contributed by atoms with E-state index in [0.29, 0.717) is 6.54 Å². The molecule has 0 radical (unpaired) electrons. The van der Waals surface area contributed by atoms with Crippen molar-refractivity contribution in [3.63, 3.8) is 0 Å². The molecule has 0 unspecified atom stereocenters. The number of benzene rings is 2. The minimum Gasteiger partial charge on any atom is -0.494 e. The molecule has 0 saturated heterocycles. The minimum absolute atomic E-state index is 0.0851. The Morgan fingerprint density at radius 1 is 1.10 bits per heavy atom. The second-order valence-corrected chi connectivity index (χ2v) is 5.98. The first-order valence-electron chi connectivity index (χ1n) is 7.08. The van der Waals surface area contributed by atoms with Crippen LogP contribution >= 0.6 is 11.5 Å². The summed E-state index contributed by atoms with van der Waals surface area (Å²) >= 11 is 1.51. The molecule has 0 fully saturated rings. The summed E-state index contributed by atoms with van der Waals surface area (Å²) in [7, 11) is 0. The molecule has 0 aliphatic rings. The Hall–Kier alpha value is -2.07. The number of rotatable bonds is 5. The maximum Gasteiger partial charge on any atom is 0.268 e. The molecule has 0 aliphatic heterocycles. The first-order chi connectivity index (χ1) is 10.3. The summed E-state index contributed by atoms with van der Waals surface area (Å²) in [6.07, 6.45) is 0.999. The summed E-state index contributed by atoms with van der Waals surface area (Å²) in [6.45, 7) is 3.42. The molecule has 3 rings (SSSR count). The highest BCUT2D eigenvalue weighted by Gasteiger charge is 2.07. The molecule has 0 saturated carbocycles. The first-order valence-corrected chi connectivity index (χ1v) is 7.86. The zero-order chi connectivity index (χ0) is 14.7. The fraction of sp³-hybridized carbons (Fsp3) is 0.235. The van der Waals surface area contributed by atoms with E-state index in [1.54, 1.807) is 3.96 Å². The van der Waals surface area contributed by atoms with Crippen molar-refractivity contribution in [2.75, 3.05) is 6.61 Å². The molecule has 108 valence electrons. The van der Waals surface area contributed by atoms with Gasteiger partial charge in [0.2, 0.25) is 0 Å². The van der Waals surface area contributed by atoms with Crippen molar-refractivity contribution < 1.29 is 4.74 Å². The minimum atomic E-state index is 0.0851. The van der Waals surface area contributed by atoms with E-state index in [0.717, 1.165) is 34.4 Å². The number of hydrogen-bond donors (Lipinski definition) is 0. The van der Waals surface area contributed by atoms with Crippen LogP contribution < -0.4 is 10.3 Å². The largest absolute Gasteiger partial charge is 0.494 e. The van der Waals surface area contributed by atoms with Crippen LogP contribution in [0.2, 0.25) is 0 Å². The molecule has 1 heterocycles. The third-order valence-electron chi connectivity index (χ3n) is 3.27. The lowest BCUT2D eigenvalue weighted by molar-refractivity contribution is 0.317. The average Bonchev–Trinajstić information content (AvgIpc) is 2.83. The molecule has 21 heavy (non-hydrogen) atoms. The summed E-state index contributed by atoms with van der Waals surface area (Å²) in [5.74, 6) is 0.879. The van der Waals surface area contributed by atoms with Gasteiger partial charge in [0, 0.05) is 0 Å². The summed E-state index contributed by atoms with van der Waals surface area (Å²) < 4.78 is 8.40. The molecule has 2 aromatic carbocycles. The van der Waals surface area contributed by atoms with E-state index in [1.807, 2.05) is 48.5 Å². The Morgan fingerprint density at radius 3 is 2.57 bits per heavy atom. The molecule has 0 atom stereocenters. The molecule has 4 heteroatoms. The zero-order valence-corrected chi connectivity index (χ0v) is 12.7. The van der Waals surface area contributed by atoms with Crippen molar-refractivity contribution in [1.82, 2.24) is 3.96 Å². The van der Waals surface area contributed by atoms with Gasteiger partial charge in [0.25, 0.3) is 5.56 Å². The lowest BCUT2D eigenvalue weighted by Crippen LogP contribution is -2.13. The molecule has 0 bridgehead atoms. The molecule has 3 nitrogen and oxygen atoms in total. The van der Waals surface area contributed by atoms with Gasteiger partial charge in [0.1, 0.15) is 5.75 Å². The number of aromatic nitrogens is 1. The Bertz CT molecular complexity index is 786. The van der Waals surface area contributed by atoms with E-state index in [-0.39, 0.29) is 5.56 Å². The van der Waals surface area contributed by atoms with Gasteiger partial charge in [-0.3, -0.25) is 8.75 Å². The molecule has 0 aliphatic carbocycles. The first kappa shape index (κ1) is 13.9. The van der Waals surface area contributed by atoms with Crippen LogP contribution in [0.1, 0.15) is 18.9 Å². The van der Waals surface area contributed by atoms with Gasteiger partial charge >= 0.3 is 0 Å². The Morgan fingerprint density at radius 2 is 1.86 bits per heavy atom. The van der Waals surface area contributed by atoms with Gasteiger partial charge in [-0.2, -0.15) is 0 Å². The van der Waals surface area contributed by atoms with E-state index in [9.17, 15) is 4.79 Å². The summed E-state index contributed by atoms with van der Waals surface area (Å²) in [5, 5.41) is 0.797. The topological polar surface area (TPSA) is 31.2 Å². The van der Waals surface area contributed by atoms with Crippen LogP contribution in [0.4, 0.5) is 0 Å². The molecule has 0 N–H and O–H groups in total. The number of hydrogen-bond acceptors (Lipinski definition) is 3. The van der Waals surface area contributed by atoms with E-state index in [2.05, 4.69) is 6.92 Å². The van der Waals surface area contributed by atoms with Crippen LogP contribution in [0.15, 0.2) is 53.3 Å². The van der Waals surface area contributed by atoms with Gasteiger partial charge < -0.3 is 4.74 Å². The monoisotopic (exact) mass is 299 g/mol. The van der Waals surface area contributed by atoms with Crippen LogP contribution in [0.5, 0.6) is 5.75 Å². The van der Waals surface area contributed by atoms with Crippen molar-refractivity contribution in [1.29, 1.82) is 0 Å². The van der Waals surface area contributed by atoms with Crippen LogP contribution in [0.25, 0.3) is 10.1 Å². The molecular formula is C17H17NO2S. The molecule has 3 aromatic rings. The highest BCUT2D eigenvalue weighted by molar-refractivity contribution is 7.13. The van der Waals surface area contributed by atoms with Crippen LogP contribution in [-0.4, -0.2) is 10.6 Å². The lowest BCUT2D eigenvalue weighted by atomic mass is 10.2. The number of fused-ring (bicyclic) bond motifs is 1. The standard InChI is InChI=1S/C17H17NO2S/c1-2-11-20-14-9-7-13(8-10-14)12-18-17(19)15-5-3-4-6-16(15)21-18/h3-10H,2,11-12H2,1H3. The maximum atomic E-state index is 12.3. The van der Waals surface area contributed by atoms with Crippen molar-refractivity contribution in [3.8, 4) is 5.75 Å². The Balaban J connectivity index is 1.82. The summed E-state index contributed by atoms with van der Waals surface area (Å²) in [5.41, 5.74) is 1.19. The number of ether oxygens (including phenoxy) is 1. The van der Waals surface area contributed by atoms with Gasteiger partial charge in [0.15, 0.2) is 0 Å². The number of nitrogens with zero attached hydrogens (tertiary/aromatic N) is 1. The lowest BCUT2D eigenvalue weighted by Gasteiger charge is -2.06. The predicted molar refractivity (Wildman–Crippen MR) is 87.4 cm³/mol.